The molecule has 0 atom stereocenters. The molecule has 0 radical (unpaired) electrons. The van der Waals surface area contributed by atoms with Gasteiger partial charge in [0.2, 0.25) is 0 Å². The Morgan fingerprint density at radius 3 is 2.38 bits per heavy atom. The van der Waals surface area contributed by atoms with Gasteiger partial charge in [0.1, 0.15) is 17.0 Å². The number of aromatic nitrogens is 2. The van der Waals surface area contributed by atoms with Crippen molar-refractivity contribution in [3.05, 3.63) is 51.4 Å². The molecule has 1 aromatic heterocycles. The van der Waals surface area contributed by atoms with Crippen molar-refractivity contribution in [1.82, 2.24) is 9.97 Å². The third-order valence-electron chi connectivity index (χ3n) is 4.07. The minimum atomic E-state index is -4.63. The molecule has 1 aromatic carbocycles. The van der Waals surface area contributed by atoms with E-state index < -0.39 is 22.4 Å². The quantitative estimate of drug-likeness (QED) is 0.593. The fourth-order valence-electron chi connectivity index (χ4n) is 2.81. The normalized spacial score (nSPS) is 15.2. The number of hydrogen-bond donors (Lipinski definition) is 0. The summed E-state index contributed by atoms with van der Waals surface area (Å²) in [5.41, 5.74) is -1.44. The minimum Gasteiger partial charge on any atom is -0.362 e. The summed E-state index contributed by atoms with van der Waals surface area (Å²) in [4.78, 5) is 22.0. The highest BCUT2D eigenvalue weighted by Gasteiger charge is 2.34. The van der Waals surface area contributed by atoms with Crippen LogP contribution in [0.2, 0.25) is 5.02 Å². The third kappa shape index (κ3) is 3.64. The molecule has 0 spiro atoms. The number of nitro benzene ring substituents is 1. The van der Waals surface area contributed by atoms with Crippen molar-refractivity contribution in [2.45, 2.75) is 6.18 Å². The van der Waals surface area contributed by atoms with E-state index in [4.69, 9.17) is 11.6 Å². The summed E-state index contributed by atoms with van der Waals surface area (Å²) in [6.45, 7) is 1.70. The van der Waals surface area contributed by atoms with E-state index in [9.17, 15) is 23.3 Å². The molecule has 7 nitrogen and oxygen atoms in total. The monoisotopic (exact) mass is 387 g/mol. The van der Waals surface area contributed by atoms with Gasteiger partial charge in [-0.3, -0.25) is 10.1 Å². The summed E-state index contributed by atoms with van der Waals surface area (Å²) in [5.74, 6) is 0.559. The summed E-state index contributed by atoms with van der Waals surface area (Å²) in [6, 6.07) is 2.58. The summed E-state index contributed by atoms with van der Waals surface area (Å²) in [6.07, 6.45) is -1.79. The number of alkyl halides is 3. The molecule has 1 saturated heterocycles. The highest BCUT2D eigenvalue weighted by Crippen LogP contribution is 2.37. The Labute approximate surface area is 151 Å². The lowest BCUT2D eigenvalue weighted by Crippen LogP contribution is -2.47. The largest absolute Gasteiger partial charge is 0.416 e. The predicted octanol–water partition coefficient (Wildman–Crippen LogP) is 3.38. The van der Waals surface area contributed by atoms with Crippen LogP contribution >= 0.6 is 11.6 Å². The fraction of sp³-hybridized carbons (Fsp3) is 0.333. The van der Waals surface area contributed by atoms with Crippen LogP contribution in [-0.2, 0) is 6.18 Å². The first-order chi connectivity index (χ1) is 12.3. The van der Waals surface area contributed by atoms with Gasteiger partial charge in [0, 0.05) is 32.2 Å². The Morgan fingerprint density at radius 2 is 1.81 bits per heavy atom. The Kier molecular flexibility index (Phi) is 4.86. The number of anilines is 2. The van der Waals surface area contributed by atoms with Crippen LogP contribution in [0, 0.1) is 10.1 Å². The molecule has 1 aliphatic heterocycles. The zero-order valence-electron chi connectivity index (χ0n) is 13.3. The van der Waals surface area contributed by atoms with Crippen molar-refractivity contribution in [3.63, 3.8) is 0 Å². The van der Waals surface area contributed by atoms with Gasteiger partial charge in [0.25, 0.3) is 5.69 Å². The molecule has 1 fully saturated rings. The van der Waals surface area contributed by atoms with Gasteiger partial charge < -0.3 is 9.80 Å². The standard InChI is InChI=1S/C15H13ClF3N5O2/c16-11-8-20-9-21-14(11)23-5-3-22(4-6-23)12-2-1-10(15(17,18)19)7-13(12)24(25)26/h1-2,7-9H,3-6H2. The SMILES string of the molecule is O=[N+]([O-])c1cc(C(F)(F)F)ccc1N1CCN(c2ncncc2Cl)CC1. The number of rotatable bonds is 3. The van der Waals surface area contributed by atoms with Gasteiger partial charge >= 0.3 is 6.18 Å². The number of benzene rings is 1. The molecule has 0 bridgehead atoms. The maximum Gasteiger partial charge on any atom is 0.416 e. The Bertz CT molecular complexity index is 825. The van der Waals surface area contributed by atoms with Crippen LogP contribution < -0.4 is 9.80 Å². The maximum absolute atomic E-state index is 12.8. The average Bonchev–Trinajstić information content (AvgIpc) is 2.61. The van der Waals surface area contributed by atoms with Crippen LogP contribution in [0.4, 0.5) is 30.4 Å². The zero-order valence-corrected chi connectivity index (χ0v) is 14.0. The molecule has 3 rings (SSSR count). The molecule has 26 heavy (non-hydrogen) atoms. The molecule has 2 heterocycles. The molecule has 0 amide bonds. The Balaban J connectivity index is 1.81. The van der Waals surface area contributed by atoms with Gasteiger partial charge in [-0.1, -0.05) is 11.6 Å². The van der Waals surface area contributed by atoms with Crippen molar-refractivity contribution < 1.29 is 18.1 Å². The second kappa shape index (κ2) is 6.94. The van der Waals surface area contributed by atoms with E-state index in [1.54, 1.807) is 4.90 Å². The van der Waals surface area contributed by atoms with E-state index in [1.807, 2.05) is 4.90 Å². The van der Waals surface area contributed by atoms with Crippen molar-refractivity contribution in [1.29, 1.82) is 0 Å². The first-order valence-corrected chi connectivity index (χ1v) is 7.96. The van der Waals surface area contributed by atoms with Gasteiger partial charge in [-0.2, -0.15) is 13.2 Å². The van der Waals surface area contributed by atoms with Crippen molar-refractivity contribution in [2.24, 2.45) is 0 Å². The van der Waals surface area contributed by atoms with Gasteiger partial charge in [0.05, 0.1) is 16.7 Å². The van der Waals surface area contributed by atoms with E-state index in [0.717, 1.165) is 12.1 Å². The van der Waals surface area contributed by atoms with Crippen molar-refractivity contribution >= 4 is 28.8 Å². The minimum absolute atomic E-state index is 0.163. The number of nitrogens with zero attached hydrogens (tertiary/aromatic N) is 5. The third-order valence-corrected chi connectivity index (χ3v) is 4.33. The smallest absolute Gasteiger partial charge is 0.362 e. The maximum atomic E-state index is 12.8. The van der Waals surface area contributed by atoms with Gasteiger partial charge in [-0.05, 0) is 12.1 Å². The van der Waals surface area contributed by atoms with Crippen molar-refractivity contribution in [3.8, 4) is 0 Å². The van der Waals surface area contributed by atoms with Crippen LogP contribution in [0.1, 0.15) is 5.56 Å². The van der Waals surface area contributed by atoms with Crippen LogP contribution in [-0.4, -0.2) is 41.1 Å². The van der Waals surface area contributed by atoms with E-state index in [0.29, 0.717) is 43.1 Å². The van der Waals surface area contributed by atoms with E-state index in [2.05, 4.69) is 9.97 Å². The lowest BCUT2D eigenvalue weighted by atomic mass is 10.1. The van der Waals surface area contributed by atoms with E-state index in [1.165, 1.54) is 12.5 Å². The molecular formula is C15H13ClF3N5O2. The molecule has 0 aliphatic carbocycles. The fourth-order valence-corrected chi connectivity index (χ4v) is 3.04. The highest BCUT2D eigenvalue weighted by atomic mass is 35.5. The zero-order chi connectivity index (χ0) is 18.9. The second-order valence-corrected chi connectivity index (χ2v) is 6.03. The molecule has 138 valence electrons. The summed E-state index contributed by atoms with van der Waals surface area (Å²) in [7, 11) is 0. The first-order valence-electron chi connectivity index (χ1n) is 7.58. The average molecular weight is 388 g/mol. The topological polar surface area (TPSA) is 75.4 Å². The predicted molar refractivity (Wildman–Crippen MR) is 89.6 cm³/mol. The van der Waals surface area contributed by atoms with Crippen LogP contribution in [0.25, 0.3) is 0 Å². The van der Waals surface area contributed by atoms with Gasteiger partial charge in [0.15, 0.2) is 5.82 Å². The molecule has 0 unspecified atom stereocenters. The number of halogens is 4. The molecule has 2 aromatic rings. The molecule has 0 saturated carbocycles. The molecular weight excluding hydrogens is 375 g/mol. The van der Waals surface area contributed by atoms with Crippen LogP contribution in [0.15, 0.2) is 30.7 Å². The lowest BCUT2D eigenvalue weighted by Gasteiger charge is -2.36. The first kappa shape index (κ1) is 18.2. The van der Waals surface area contributed by atoms with E-state index >= 15 is 0 Å². The molecule has 0 N–H and O–H groups in total. The van der Waals surface area contributed by atoms with Gasteiger partial charge in [-0.15, -0.1) is 0 Å². The van der Waals surface area contributed by atoms with Crippen LogP contribution in [0.3, 0.4) is 0 Å². The summed E-state index contributed by atoms with van der Waals surface area (Å²) >= 11 is 6.06. The molecule has 1 aliphatic rings. The highest BCUT2D eigenvalue weighted by molar-refractivity contribution is 6.32. The Hall–Kier alpha value is -2.62. The summed E-state index contributed by atoms with van der Waals surface area (Å²) in [5, 5.41) is 11.6. The van der Waals surface area contributed by atoms with Gasteiger partial charge in [-0.25, -0.2) is 9.97 Å². The van der Waals surface area contributed by atoms with Crippen LogP contribution in [0.5, 0.6) is 0 Å². The Morgan fingerprint density at radius 1 is 1.15 bits per heavy atom. The lowest BCUT2D eigenvalue weighted by molar-refractivity contribution is -0.384. The summed E-state index contributed by atoms with van der Waals surface area (Å²) < 4.78 is 38.4. The number of nitro groups is 1. The second-order valence-electron chi connectivity index (χ2n) is 5.63. The number of hydrogen-bond acceptors (Lipinski definition) is 6. The van der Waals surface area contributed by atoms with E-state index in [-0.39, 0.29) is 5.69 Å². The van der Waals surface area contributed by atoms with Crippen molar-refractivity contribution in [2.75, 3.05) is 36.0 Å². The number of piperazine rings is 1. The molecule has 11 heteroatoms.